The van der Waals surface area contributed by atoms with Crippen LogP contribution in [0, 0.1) is 10.1 Å². The fourth-order valence-electron chi connectivity index (χ4n) is 3.46. The van der Waals surface area contributed by atoms with Gasteiger partial charge in [0.05, 0.1) is 22.7 Å². The molecule has 0 saturated heterocycles. The van der Waals surface area contributed by atoms with Crippen LogP contribution in [-0.2, 0) is 11.2 Å². The van der Waals surface area contributed by atoms with Gasteiger partial charge < -0.3 is 10.6 Å². The van der Waals surface area contributed by atoms with Gasteiger partial charge in [0.1, 0.15) is 0 Å². The molecule has 1 heterocycles. The van der Waals surface area contributed by atoms with E-state index in [1.54, 1.807) is 54.3 Å². The van der Waals surface area contributed by atoms with E-state index in [9.17, 15) is 19.7 Å². The van der Waals surface area contributed by atoms with Gasteiger partial charge in [-0.25, -0.2) is 4.68 Å². The number of nitrogens with zero attached hydrogens (tertiary/aromatic N) is 3. The molecule has 4 rings (SSSR count). The number of aromatic nitrogens is 2. The molecule has 9 nitrogen and oxygen atoms in total. The molecule has 0 fully saturated rings. The predicted molar refractivity (Wildman–Crippen MR) is 128 cm³/mol. The van der Waals surface area contributed by atoms with E-state index >= 15 is 0 Å². The van der Waals surface area contributed by atoms with Crippen LogP contribution in [0.15, 0.2) is 85.1 Å². The first-order chi connectivity index (χ1) is 16.4. The Labute approximate surface area is 195 Å². The van der Waals surface area contributed by atoms with E-state index in [4.69, 9.17) is 0 Å². The molecule has 34 heavy (non-hydrogen) atoms. The molecule has 2 N–H and O–H groups in total. The fourth-order valence-corrected chi connectivity index (χ4v) is 3.46. The van der Waals surface area contributed by atoms with Crippen molar-refractivity contribution in [2.45, 2.75) is 6.42 Å². The number of hydrogen-bond donors (Lipinski definition) is 2. The van der Waals surface area contributed by atoms with E-state index in [0.717, 1.165) is 5.69 Å². The fraction of sp³-hybridized carbons (Fsp3) is 0.0800. The van der Waals surface area contributed by atoms with Crippen LogP contribution in [0.1, 0.15) is 15.9 Å². The summed E-state index contributed by atoms with van der Waals surface area (Å²) < 4.78 is 1.68. The largest absolute Gasteiger partial charge is 0.355 e. The van der Waals surface area contributed by atoms with E-state index in [-0.39, 0.29) is 23.9 Å². The van der Waals surface area contributed by atoms with Gasteiger partial charge in [-0.05, 0) is 48.5 Å². The van der Waals surface area contributed by atoms with Crippen molar-refractivity contribution in [3.63, 3.8) is 0 Å². The average molecular weight is 455 g/mol. The van der Waals surface area contributed by atoms with Crippen molar-refractivity contribution in [3.05, 3.63) is 106 Å². The number of benzene rings is 3. The summed E-state index contributed by atoms with van der Waals surface area (Å²) in [4.78, 5) is 35.1. The summed E-state index contributed by atoms with van der Waals surface area (Å²) in [6, 6.07) is 22.1. The van der Waals surface area contributed by atoms with Gasteiger partial charge in [-0.2, -0.15) is 5.10 Å². The van der Waals surface area contributed by atoms with Gasteiger partial charge >= 0.3 is 0 Å². The normalized spacial score (nSPS) is 10.5. The Kier molecular flexibility index (Phi) is 6.45. The zero-order valence-electron chi connectivity index (χ0n) is 18.3. The van der Waals surface area contributed by atoms with Gasteiger partial charge in [0, 0.05) is 47.8 Å². The Morgan fingerprint density at radius 1 is 0.971 bits per heavy atom. The monoisotopic (exact) mass is 455 g/mol. The highest BCUT2D eigenvalue weighted by Crippen LogP contribution is 2.26. The van der Waals surface area contributed by atoms with Crippen molar-refractivity contribution in [1.29, 1.82) is 0 Å². The van der Waals surface area contributed by atoms with Crippen LogP contribution < -0.4 is 10.6 Å². The molecule has 0 aliphatic heterocycles. The molecule has 0 spiro atoms. The maximum Gasteiger partial charge on any atom is 0.269 e. The standard InChI is InChI=1S/C25H21N5O4/c1-26-25(32)18-7-11-20(12-8-18)27-23(31)15-19-16-29(21-5-3-2-4-6-21)28-24(19)17-9-13-22(14-10-17)30(33)34/h2-14,16H,15H2,1H3,(H,26,32)(H,27,31). The molecule has 0 saturated carbocycles. The Bertz CT molecular complexity index is 1330. The quantitative estimate of drug-likeness (QED) is 0.323. The summed E-state index contributed by atoms with van der Waals surface area (Å²) >= 11 is 0. The van der Waals surface area contributed by atoms with Gasteiger partial charge in [0.15, 0.2) is 0 Å². The zero-order chi connectivity index (χ0) is 24.1. The highest BCUT2D eigenvalue weighted by molar-refractivity contribution is 5.96. The number of anilines is 1. The molecule has 4 aromatic rings. The van der Waals surface area contributed by atoms with E-state index in [2.05, 4.69) is 15.7 Å². The number of para-hydroxylation sites is 1. The number of rotatable bonds is 7. The molecule has 0 radical (unpaired) electrons. The summed E-state index contributed by atoms with van der Waals surface area (Å²) in [5, 5.41) is 21.0. The Morgan fingerprint density at radius 2 is 1.65 bits per heavy atom. The van der Waals surface area contributed by atoms with E-state index in [1.165, 1.54) is 12.1 Å². The lowest BCUT2D eigenvalue weighted by Gasteiger charge is -2.07. The van der Waals surface area contributed by atoms with Gasteiger partial charge in [0.2, 0.25) is 5.91 Å². The van der Waals surface area contributed by atoms with E-state index < -0.39 is 4.92 Å². The first-order valence-electron chi connectivity index (χ1n) is 10.5. The lowest BCUT2D eigenvalue weighted by molar-refractivity contribution is -0.384. The first kappa shape index (κ1) is 22.4. The zero-order valence-corrected chi connectivity index (χ0v) is 18.3. The van der Waals surface area contributed by atoms with E-state index in [1.807, 2.05) is 30.3 Å². The van der Waals surface area contributed by atoms with Gasteiger partial charge in [-0.3, -0.25) is 19.7 Å². The lowest BCUT2D eigenvalue weighted by Crippen LogP contribution is -2.18. The minimum Gasteiger partial charge on any atom is -0.355 e. The molecule has 0 unspecified atom stereocenters. The van der Waals surface area contributed by atoms with Gasteiger partial charge in [-0.15, -0.1) is 0 Å². The number of amides is 2. The molecule has 9 heteroatoms. The number of carbonyl (C=O) groups excluding carboxylic acids is 2. The Morgan fingerprint density at radius 3 is 2.26 bits per heavy atom. The molecule has 0 bridgehead atoms. The number of carbonyl (C=O) groups is 2. The molecule has 2 amide bonds. The van der Waals surface area contributed by atoms with Crippen molar-refractivity contribution in [2.24, 2.45) is 0 Å². The maximum absolute atomic E-state index is 12.8. The SMILES string of the molecule is CNC(=O)c1ccc(NC(=O)Cc2cn(-c3ccccc3)nc2-c2ccc([N+](=O)[O-])cc2)cc1. The summed E-state index contributed by atoms with van der Waals surface area (Å²) in [5.74, 6) is -0.470. The molecule has 0 atom stereocenters. The van der Waals surface area contributed by atoms with Crippen LogP contribution in [0.25, 0.3) is 16.9 Å². The number of nitro groups is 1. The van der Waals surface area contributed by atoms with Crippen LogP contribution in [0.3, 0.4) is 0 Å². The molecular formula is C25H21N5O4. The molecule has 0 aliphatic carbocycles. The van der Waals surface area contributed by atoms with Crippen molar-refractivity contribution >= 4 is 23.2 Å². The molecule has 3 aromatic carbocycles. The number of non-ortho nitro benzene ring substituents is 1. The molecule has 0 aliphatic rings. The van der Waals surface area contributed by atoms with E-state index in [0.29, 0.717) is 28.1 Å². The first-order valence-corrected chi connectivity index (χ1v) is 10.5. The van der Waals surface area contributed by atoms with Crippen LogP contribution in [0.2, 0.25) is 0 Å². The third-order valence-electron chi connectivity index (χ3n) is 5.17. The summed E-state index contributed by atoms with van der Waals surface area (Å²) in [5.41, 5.74) is 3.74. The number of nitrogens with one attached hydrogen (secondary N) is 2. The van der Waals surface area contributed by atoms with Crippen LogP contribution >= 0.6 is 0 Å². The van der Waals surface area contributed by atoms with Crippen molar-refractivity contribution in [1.82, 2.24) is 15.1 Å². The Balaban J connectivity index is 1.60. The topological polar surface area (TPSA) is 119 Å². The van der Waals surface area contributed by atoms with Crippen molar-refractivity contribution < 1.29 is 14.5 Å². The van der Waals surface area contributed by atoms with Gasteiger partial charge in [0.25, 0.3) is 11.6 Å². The minimum absolute atomic E-state index is 0.0225. The second kappa shape index (κ2) is 9.78. The maximum atomic E-state index is 12.8. The summed E-state index contributed by atoms with van der Waals surface area (Å²) in [6.07, 6.45) is 1.82. The van der Waals surface area contributed by atoms with Crippen molar-refractivity contribution in [3.8, 4) is 16.9 Å². The second-order valence-corrected chi connectivity index (χ2v) is 7.47. The highest BCUT2D eigenvalue weighted by Gasteiger charge is 2.17. The average Bonchev–Trinajstić information content (AvgIpc) is 3.28. The third-order valence-corrected chi connectivity index (χ3v) is 5.17. The molecule has 1 aromatic heterocycles. The lowest BCUT2D eigenvalue weighted by atomic mass is 10.1. The molecule has 170 valence electrons. The summed E-state index contributed by atoms with van der Waals surface area (Å²) in [6.45, 7) is 0. The summed E-state index contributed by atoms with van der Waals surface area (Å²) in [7, 11) is 1.55. The Hall–Kier alpha value is -4.79. The third kappa shape index (κ3) is 4.99. The number of hydrogen-bond acceptors (Lipinski definition) is 5. The number of nitro benzene ring substituents is 1. The van der Waals surface area contributed by atoms with Gasteiger partial charge in [-0.1, -0.05) is 18.2 Å². The van der Waals surface area contributed by atoms with Crippen LogP contribution in [0.4, 0.5) is 11.4 Å². The second-order valence-electron chi connectivity index (χ2n) is 7.47. The predicted octanol–water partition coefficient (Wildman–Crippen LogP) is 3.99. The van der Waals surface area contributed by atoms with Crippen LogP contribution in [0.5, 0.6) is 0 Å². The minimum atomic E-state index is -0.462. The highest BCUT2D eigenvalue weighted by atomic mass is 16.6. The molecular weight excluding hydrogens is 434 g/mol. The smallest absolute Gasteiger partial charge is 0.269 e. The van der Waals surface area contributed by atoms with Crippen molar-refractivity contribution in [2.75, 3.05) is 12.4 Å². The van der Waals surface area contributed by atoms with Crippen LogP contribution in [-0.4, -0.2) is 33.6 Å².